The van der Waals surface area contributed by atoms with Crippen molar-refractivity contribution in [3.63, 3.8) is 0 Å². The third-order valence-corrected chi connectivity index (χ3v) is 5.49. The van der Waals surface area contributed by atoms with Crippen LogP contribution in [-0.4, -0.2) is 13.4 Å². The van der Waals surface area contributed by atoms with Crippen LogP contribution in [0.25, 0.3) is 0 Å². The Labute approximate surface area is 122 Å². The van der Waals surface area contributed by atoms with Gasteiger partial charge in [0, 0.05) is 16.0 Å². The van der Waals surface area contributed by atoms with Gasteiger partial charge in [-0.05, 0) is 34.1 Å². The van der Waals surface area contributed by atoms with Crippen LogP contribution in [0.2, 0.25) is 5.02 Å². The Balaban J connectivity index is 2.17. The lowest BCUT2D eigenvalue weighted by molar-refractivity contribution is 0.581. The van der Waals surface area contributed by atoms with E-state index >= 15 is 0 Å². The number of nitrogens with zero attached hydrogens (tertiary/aromatic N) is 1. The van der Waals surface area contributed by atoms with Gasteiger partial charge >= 0.3 is 0 Å². The van der Waals surface area contributed by atoms with Gasteiger partial charge in [0.2, 0.25) is 10.0 Å². The van der Waals surface area contributed by atoms with Gasteiger partial charge in [-0.1, -0.05) is 11.6 Å². The lowest BCUT2D eigenvalue weighted by Gasteiger charge is -2.06. The maximum Gasteiger partial charge on any atom is 0.240 e. The smallest absolute Gasteiger partial charge is 0.240 e. The van der Waals surface area contributed by atoms with Crippen molar-refractivity contribution in [2.75, 3.05) is 0 Å². The van der Waals surface area contributed by atoms with Gasteiger partial charge in [0.15, 0.2) is 0 Å². The first-order valence-electron chi connectivity index (χ1n) is 4.82. The zero-order valence-electron chi connectivity index (χ0n) is 8.93. The lowest BCUT2D eigenvalue weighted by Crippen LogP contribution is -2.23. The minimum Gasteiger partial charge on any atom is -0.248 e. The molecule has 4 nitrogen and oxygen atoms in total. The molecule has 0 unspecified atom stereocenters. The van der Waals surface area contributed by atoms with E-state index in [1.54, 1.807) is 11.6 Å². The first kappa shape index (κ1) is 14.0. The largest absolute Gasteiger partial charge is 0.248 e. The molecule has 0 saturated carbocycles. The van der Waals surface area contributed by atoms with Gasteiger partial charge in [-0.25, -0.2) is 18.1 Å². The van der Waals surface area contributed by atoms with Gasteiger partial charge in [0.1, 0.15) is 5.01 Å². The summed E-state index contributed by atoms with van der Waals surface area (Å²) in [6, 6.07) is 4.45. The fraction of sp³-hybridized carbons (Fsp3) is 0.100. The van der Waals surface area contributed by atoms with E-state index in [1.165, 1.54) is 29.5 Å². The SMILES string of the molecule is O=S(=O)(NCc1nccs1)c1ccc(Cl)c(Br)c1. The lowest BCUT2D eigenvalue weighted by atomic mass is 10.4. The topological polar surface area (TPSA) is 59.1 Å². The minimum absolute atomic E-state index is 0.162. The molecule has 1 aromatic carbocycles. The highest BCUT2D eigenvalue weighted by molar-refractivity contribution is 9.10. The highest BCUT2D eigenvalue weighted by Crippen LogP contribution is 2.25. The van der Waals surface area contributed by atoms with Crippen molar-refractivity contribution in [3.05, 3.63) is 44.3 Å². The Kier molecular flexibility index (Phi) is 4.39. The zero-order valence-corrected chi connectivity index (χ0v) is 12.9. The van der Waals surface area contributed by atoms with Crippen LogP contribution in [0.15, 0.2) is 39.1 Å². The molecule has 18 heavy (non-hydrogen) atoms. The molecule has 8 heteroatoms. The summed E-state index contributed by atoms with van der Waals surface area (Å²) in [5.41, 5.74) is 0. The molecule has 0 radical (unpaired) electrons. The molecule has 1 heterocycles. The molecular formula is C10H8BrClN2O2S2. The minimum atomic E-state index is -3.55. The van der Waals surface area contributed by atoms with Crippen LogP contribution in [0, 0.1) is 0 Å². The van der Waals surface area contributed by atoms with Gasteiger partial charge < -0.3 is 0 Å². The van der Waals surface area contributed by atoms with E-state index in [0.717, 1.165) is 0 Å². The number of hydrogen-bond acceptors (Lipinski definition) is 4. The van der Waals surface area contributed by atoms with E-state index in [2.05, 4.69) is 25.6 Å². The quantitative estimate of drug-likeness (QED) is 0.903. The number of aromatic nitrogens is 1. The zero-order chi connectivity index (χ0) is 13.2. The van der Waals surface area contributed by atoms with Crippen LogP contribution in [0.1, 0.15) is 5.01 Å². The van der Waals surface area contributed by atoms with Crippen molar-refractivity contribution in [2.45, 2.75) is 11.4 Å². The summed E-state index contributed by atoms with van der Waals surface area (Å²) in [4.78, 5) is 4.17. The van der Waals surface area contributed by atoms with Gasteiger partial charge in [-0.3, -0.25) is 0 Å². The molecule has 1 N–H and O–H groups in total. The van der Waals surface area contributed by atoms with Crippen LogP contribution < -0.4 is 4.72 Å². The Hall–Kier alpha value is -0.470. The second-order valence-electron chi connectivity index (χ2n) is 3.33. The van der Waals surface area contributed by atoms with Crippen LogP contribution in [0.5, 0.6) is 0 Å². The van der Waals surface area contributed by atoms with Crippen LogP contribution in [0.3, 0.4) is 0 Å². The van der Waals surface area contributed by atoms with Crippen LogP contribution >= 0.6 is 38.9 Å². The van der Waals surface area contributed by atoms with Gasteiger partial charge in [0.05, 0.1) is 16.5 Å². The number of hydrogen-bond donors (Lipinski definition) is 1. The van der Waals surface area contributed by atoms with E-state index in [0.29, 0.717) is 14.5 Å². The third kappa shape index (κ3) is 3.30. The second-order valence-corrected chi connectivity index (χ2v) is 7.33. The fourth-order valence-corrected chi connectivity index (χ4v) is 3.53. The molecular weight excluding hydrogens is 360 g/mol. The predicted molar refractivity (Wildman–Crippen MR) is 75.3 cm³/mol. The maximum absolute atomic E-state index is 12.0. The third-order valence-electron chi connectivity index (χ3n) is 2.10. The summed E-state index contributed by atoms with van der Waals surface area (Å²) < 4.78 is 27.0. The Morgan fingerprint density at radius 2 is 2.22 bits per heavy atom. The number of thiazole rings is 1. The highest BCUT2D eigenvalue weighted by atomic mass is 79.9. The number of halogens is 2. The van der Waals surface area contributed by atoms with Crippen LogP contribution in [0.4, 0.5) is 0 Å². The van der Waals surface area contributed by atoms with Crippen LogP contribution in [-0.2, 0) is 16.6 Å². The molecule has 0 fully saturated rings. The summed E-state index contributed by atoms with van der Waals surface area (Å²) in [6.45, 7) is 0.181. The molecule has 0 spiro atoms. The molecule has 96 valence electrons. The van der Waals surface area contributed by atoms with E-state index in [-0.39, 0.29) is 11.4 Å². The summed E-state index contributed by atoms with van der Waals surface area (Å²) >= 11 is 10.4. The van der Waals surface area contributed by atoms with E-state index in [4.69, 9.17) is 11.6 Å². The summed E-state index contributed by atoms with van der Waals surface area (Å²) in [5.74, 6) is 0. The standard InChI is InChI=1S/C10H8BrClN2O2S2/c11-8-5-7(1-2-9(8)12)18(15,16)14-6-10-13-3-4-17-10/h1-5,14H,6H2. The maximum atomic E-state index is 12.0. The van der Waals surface area contributed by atoms with Gasteiger partial charge in [-0.2, -0.15) is 0 Å². The summed E-state index contributed by atoms with van der Waals surface area (Å²) in [7, 11) is -3.55. The van der Waals surface area contributed by atoms with Crippen molar-refractivity contribution in [3.8, 4) is 0 Å². The number of nitrogens with one attached hydrogen (secondary N) is 1. The molecule has 0 aliphatic rings. The fourth-order valence-electron chi connectivity index (χ4n) is 1.22. The van der Waals surface area contributed by atoms with Crippen molar-refractivity contribution < 1.29 is 8.42 Å². The molecule has 1 aromatic heterocycles. The summed E-state index contributed by atoms with van der Waals surface area (Å²) in [6.07, 6.45) is 1.63. The van der Waals surface area contributed by atoms with Crippen molar-refractivity contribution in [1.82, 2.24) is 9.71 Å². The Bertz CT molecular complexity index is 644. The molecule has 0 amide bonds. The number of benzene rings is 1. The average Bonchev–Trinajstić information content (AvgIpc) is 2.83. The van der Waals surface area contributed by atoms with E-state index < -0.39 is 10.0 Å². The molecule has 2 aromatic rings. The monoisotopic (exact) mass is 366 g/mol. The van der Waals surface area contributed by atoms with Gasteiger partial charge in [-0.15, -0.1) is 11.3 Å². The predicted octanol–water partition coefficient (Wildman–Crippen LogP) is 3.04. The molecule has 0 aliphatic heterocycles. The van der Waals surface area contributed by atoms with Crippen molar-refractivity contribution in [1.29, 1.82) is 0 Å². The van der Waals surface area contributed by atoms with Crippen molar-refractivity contribution >= 4 is 48.9 Å². The molecule has 0 bridgehead atoms. The first-order valence-corrected chi connectivity index (χ1v) is 8.35. The molecule has 0 saturated heterocycles. The van der Waals surface area contributed by atoms with Gasteiger partial charge in [0.25, 0.3) is 0 Å². The normalized spacial score (nSPS) is 11.7. The Morgan fingerprint density at radius 1 is 1.44 bits per heavy atom. The van der Waals surface area contributed by atoms with E-state index in [9.17, 15) is 8.42 Å². The van der Waals surface area contributed by atoms with E-state index in [1.807, 2.05) is 0 Å². The molecule has 2 rings (SSSR count). The number of rotatable bonds is 4. The second kappa shape index (κ2) is 5.66. The average molecular weight is 368 g/mol. The van der Waals surface area contributed by atoms with Crippen molar-refractivity contribution in [2.24, 2.45) is 0 Å². The molecule has 0 aliphatic carbocycles. The molecule has 0 atom stereocenters. The Morgan fingerprint density at radius 3 is 2.83 bits per heavy atom. The first-order chi connectivity index (χ1) is 8.49. The number of sulfonamides is 1. The highest BCUT2D eigenvalue weighted by Gasteiger charge is 2.15. The summed E-state index contributed by atoms with van der Waals surface area (Å²) in [5, 5.41) is 2.98.